The van der Waals surface area contributed by atoms with Gasteiger partial charge in [-0.25, -0.2) is 0 Å². The van der Waals surface area contributed by atoms with Crippen LogP contribution in [0.4, 0.5) is 0 Å². The Labute approximate surface area is 169 Å². The summed E-state index contributed by atoms with van der Waals surface area (Å²) < 4.78 is 34.6. The maximum absolute atomic E-state index is 13.2. The average Bonchev–Trinajstić information content (AvgIpc) is 2.70. The molecule has 0 saturated heterocycles. The van der Waals surface area contributed by atoms with Gasteiger partial charge in [0.2, 0.25) is 0 Å². The van der Waals surface area contributed by atoms with Crippen molar-refractivity contribution in [2.24, 2.45) is 7.05 Å². The van der Waals surface area contributed by atoms with Crippen LogP contribution < -0.4 is 10.9 Å². The molecular formula is C22H16N2O5S. The molecule has 0 amide bonds. The van der Waals surface area contributed by atoms with Crippen molar-refractivity contribution in [3.05, 3.63) is 74.5 Å². The molecule has 8 heteroatoms. The van der Waals surface area contributed by atoms with Crippen LogP contribution in [-0.2, 0) is 17.2 Å². The van der Waals surface area contributed by atoms with Crippen molar-refractivity contribution >= 4 is 53.7 Å². The third-order valence-corrected chi connectivity index (χ3v) is 6.60. The highest BCUT2D eigenvalue weighted by Gasteiger charge is 2.18. The van der Waals surface area contributed by atoms with E-state index in [-0.39, 0.29) is 21.3 Å². The SMILES string of the molecule is Cc1cc2c(=O)c3cc4[nH]c5ccccc5c(=O)c4cc3n(C)c2cc1S(=O)(=O)O. The van der Waals surface area contributed by atoms with E-state index < -0.39 is 10.1 Å². The smallest absolute Gasteiger partial charge is 0.294 e. The van der Waals surface area contributed by atoms with E-state index in [9.17, 15) is 22.6 Å². The number of pyridine rings is 2. The number of fused-ring (bicyclic) bond motifs is 4. The van der Waals surface area contributed by atoms with Gasteiger partial charge in [0.05, 0.1) is 21.4 Å². The maximum Gasteiger partial charge on any atom is 0.294 e. The van der Waals surface area contributed by atoms with Gasteiger partial charge in [-0.05, 0) is 48.9 Å². The van der Waals surface area contributed by atoms with Crippen molar-refractivity contribution in [1.29, 1.82) is 0 Å². The van der Waals surface area contributed by atoms with E-state index in [0.717, 1.165) is 0 Å². The van der Waals surface area contributed by atoms with Gasteiger partial charge in [-0.3, -0.25) is 14.1 Å². The predicted octanol–water partition coefficient (Wildman–Crippen LogP) is 3.24. The standard InChI is InChI=1S/C22H16N2O5S/c1-11-7-14-19(10-20(11)30(27,28)29)24(2)18-9-13-17(8-15(18)22(14)26)23-16-6-4-3-5-12(16)21(13)25/h3-10H,1-2H3,(H,23,25)(H,27,28,29). The Morgan fingerprint density at radius 3 is 2.20 bits per heavy atom. The summed E-state index contributed by atoms with van der Waals surface area (Å²) >= 11 is 0. The van der Waals surface area contributed by atoms with Gasteiger partial charge in [0.25, 0.3) is 10.1 Å². The number of rotatable bonds is 1. The van der Waals surface area contributed by atoms with E-state index in [1.165, 1.54) is 19.1 Å². The summed E-state index contributed by atoms with van der Waals surface area (Å²) in [7, 11) is -2.76. The Morgan fingerprint density at radius 2 is 1.47 bits per heavy atom. The average molecular weight is 420 g/mol. The van der Waals surface area contributed by atoms with Gasteiger partial charge in [0.15, 0.2) is 10.9 Å². The molecule has 2 heterocycles. The van der Waals surface area contributed by atoms with Gasteiger partial charge >= 0.3 is 0 Å². The van der Waals surface area contributed by atoms with Crippen LogP contribution >= 0.6 is 0 Å². The van der Waals surface area contributed by atoms with Gasteiger partial charge in [-0.1, -0.05) is 12.1 Å². The van der Waals surface area contributed by atoms with Crippen LogP contribution in [0.5, 0.6) is 0 Å². The molecule has 2 aromatic heterocycles. The number of nitrogens with one attached hydrogen (secondary N) is 1. The third-order valence-electron chi connectivity index (χ3n) is 5.60. The molecule has 0 bridgehead atoms. The van der Waals surface area contributed by atoms with Gasteiger partial charge in [-0.15, -0.1) is 0 Å². The monoisotopic (exact) mass is 420 g/mol. The highest BCUT2D eigenvalue weighted by Crippen LogP contribution is 2.26. The highest BCUT2D eigenvalue weighted by atomic mass is 32.2. The minimum absolute atomic E-state index is 0.156. The Kier molecular flexibility index (Phi) is 3.71. The molecule has 0 aliphatic rings. The second-order valence-corrected chi connectivity index (χ2v) is 8.80. The molecule has 0 spiro atoms. The number of nitrogens with zero attached hydrogens (tertiary/aromatic N) is 1. The lowest BCUT2D eigenvalue weighted by molar-refractivity contribution is 0.482. The minimum atomic E-state index is -4.44. The normalized spacial score (nSPS) is 12.4. The van der Waals surface area contributed by atoms with Crippen molar-refractivity contribution in [2.75, 3.05) is 0 Å². The molecule has 0 aliphatic carbocycles. The number of hydrogen-bond donors (Lipinski definition) is 2. The molecule has 0 radical (unpaired) electrons. The van der Waals surface area contributed by atoms with Crippen LogP contribution in [0.15, 0.2) is 63.0 Å². The van der Waals surface area contributed by atoms with E-state index in [1.54, 1.807) is 41.9 Å². The third kappa shape index (κ3) is 2.51. The summed E-state index contributed by atoms with van der Waals surface area (Å²) in [4.78, 5) is 29.2. The van der Waals surface area contributed by atoms with Crippen molar-refractivity contribution in [3.8, 4) is 0 Å². The number of aromatic nitrogens is 2. The topological polar surface area (TPSA) is 109 Å². The fourth-order valence-corrected chi connectivity index (χ4v) is 4.84. The first kappa shape index (κ1) is 18.5. The van der Waals surface area contributed by atoms with E-state index in [1.807, 2.05) is 6.07 Å². The van der Waals surface area contributed by atoms with Crippen molar-refractivity contribution in [1.82, 2.24) is 9.55 Å². The molecular weight excluding hydrogens is 404 g/mol. The zero-order valence-electron chi connectivity index (χ0n) is 16.1. The summed E-state index contributed by atoms with van der Waals surface area (Å²) in [5.74, 6) is 0. The summed E-state index contributed by atoms with van der Waals surface area (Å²) in [5, 5.41) is 1.71. The molecule has 0 fully saturated rings. The lowest BCUT2D eigenvalue weighted by Crippen LogP contribution is -2.13. The van der Waals surface area contributed by atoms with Crippen LogP contribution in [0.3, 0.4) is 0 Å². The molecule has 0 aliphatic heterocycles. The fourth-order valence-electron chi connectivity index (χ4n) is 4.11. The number of H-pyrrole nitrogens is 1. The van der Waals surface area contributed by atoms with Gasteiger partial charge in [-0.2, -0.15) is 8.42 Å². The van der Waals surface area contributed by atoms with Gasteiger partial charge < -0.3 is 9.55 Å². The first-order valence-corrected chi connectivity index (χ1v) is 10.6. The summed E-state index contributed by atoms with van der Waals surface area (Å²) in [6, 6.07) is 13.2. The number of hydrogen-bond acceptors (Lipinski definition) is 4. The van der Waals surface area contributed by atoms with E-state index >= 15 is 0 Å². The van der Waals surface area contributed by atoms with Crippen LogP contribution in [0.25, 0.3) is 43.6 Å². The largest absolute Gasteiger partial charge is 0.354 e. The molecule has 2 N–H and O–H groups in total. The number of para-hydroxylation sites is 1. The van der Waals surface area contributed by atoms with Gasteiger partial charge in [0.1, 0.15) is 0 Å². The van der Waals surface area contributed by atoms with E-state index in [0.29, 0.717) is 43.6 Å². The van der Waals surface area contributed by atoms with Crippen LogP contribution in [0, 0.1) is 6.92 Å². The summed E-state index contributed by atoms with van der Waals surface area (Å²) in [6.45, 7) is 1.52. The molecule has 7 nitrogen and oxygen atoms in total. The van der Waals surface area contributed by atoms with Crippen LogP contribution in [0.2, 0.25) is 0 Å². The zero-order valence-corrected chi connectivity index (χ0v) is 16.9. The van der Waals surface area contributed by atoms with Gasteiger partial charge in [0, 0.05) is 34.1 Å². The number of aromatic amines is 1. The molecule has 0 atom stereocenters. The Hall–Kier alpha value is -3.49. The lowest BCUT2D eigenvalue weighted by atomic mass is 10.0. The first-order valence-electron chi connectivity index (χ1n) is 9.16. The summed E-state index contributed by atoms with van der Waals surface area (Å²) in [6.07, 6.45) is 0. The lowest BCUT2D eigenvalue weighted by Gasteiger charge is -2.14. The molecule has 3 aromatic carbocycles. The first-order chi connectivity index (χ1) is 14.2. The molecule has 30 heavy (non-hydrogen) atoms. The second kappa shape index (κ2) is 6.01. The van der Waals surface area contributed by atoms with Crippen molar-refractivity contribution in [2.45, 2.75) is 11.8 Å². The summed E-state index contributed by atoms with van der Waals surface area (Å²) in [5.41, 5.74) is 1.92. The molecule has 5 rings (SSSR count). The Bertz CT molecular complexity index is 1780. The second-order valence-electron chi connectivity index (χ2n) is 7.41. The predicted molar refractivity (Wildman–Crippen MR) is 117 cm³/mol. The zero-order chi connectivity index (χ0) is 21.4. The van der Waals surface area contributed by atoms with Crippen LogP contribution in [0.1, 0.15) is 5.56 Å². The van der Waals surface area contributed by atoms with Crippen LogP contribution in [-0.4, -0.2) is 22.5 Å². The van der Waals surface area contributed by atoms with E-state index in [2.05, 4.69) is 4.98 Å². The quantitative estimate of drug-likeness (QED) is 0.320. The number of aryl methyl sites for hydroxylation is 2. The maximum atomic E-state index is 13.2. The minimum Gasteiger partial charge on any atom is -0.354 e. The van der Waals surface area contributed by atoms with Crippen molar-refractivity contribution < 1.29 is 13.0 Å². The highest BCUT2D eigenvalue weighted by molar-refractivity contribution is 7.85. The number of benzene rings is 3. The molecule has 5 aromatic rings. The molecule has 0 unspecified atom stereocenters. The Balaban J connectivity index is 2.02. The van der Waals surface area contributed by atoms with E-state index in [4.69, 9.17) is 0 Å². The van der Waals surface area contributed by atoms with Crippen molar-refractivity contribution in [3.63, 3.8) is 0 Å². The fraction of sp³-hybridized carbons (Fsp3) is 0.0909. The molecule has 150 valence electrons. The molecule has 0 saturated carbocycles. The Morgan fingerprint density at radius 1 is 0.833 bits per heavy atom.